The van der Waals surface area contributed by atoms with E-state index in [-0.39, 0.29) is 23.0 Å². The molecule has 1 aliphatic heterocycles. The minimum atomic E-state index is -0.418. The number of amides is 1. The Labute approximate surface area is 198 Å². The van der Waals surface area contributed by atoms with Crippen LogP contribution in [0.25, 0.3) is 10.9 Å². The maximum Gasteiger partial charge on any atom is 0.261 e. The molecule has 8 heteroatoms. The second-order valence-corrected chi connectivity index (χ2v) is 9.74. The molecule has 0 saturated carbocycles. The summed E-state index contributed by atoms with van der Waals surface area (Å²) >= 11 is 3.49. The number of benzene rings is 2. The Morgan fingerprint density at radius 1 is 1.27 bits per heavy atom. The molecule has 168 valence electrons. The predicted molar refractivity (Wildman–Crippen MR) is 130 cm³/mol. The summed E-state index contributed by atoms with van der Waals surface area (Å²) in [5, 5.41) is 7.43. The average Bonchev–Trinajstić information content (AvgIpc) is 3.36. The smallest absolute Gasteiger partial charge is 0.261 e. The minimum absolute atomic E-state index is 0.136. The van der Waals surface area contributed by atoms with E-state index in [1.807, 2.05) is 48.7 Å². The topological polar surface area (TPSA) is 90.0 Å². The summed E-state index contributed by atoms with van der Waals surface area (Å²) in [6.07, 6.45) is 3.06. The number of hydrogen-bond donors (Lipinski definition) is 1. The maximum atomic E-state index is 13.1. The largest absolute Gasteiger partial charge is 0.343 e. The van der Waals surface area contributed by atoms with Gasteiger partial charge in [0.2, 0.25) is 11.3 Å². The van der Waals surface area contributed by atoms with Crippen LogP contribution >= 0.6 is 15.9 Å². The summed E-state index contributed by atoms with van der Waals surface area (Å²) in [5.74, 6) is 1.01. The van der Waals surface area contributed by atoms with E-state index in [0.29, 0.717) is 29.2 Å². The molecule has 0 radical (unpaired) electrons. The van der Waals surface area contributed by atoms with Gasteiger partial charge in [0.05, 0.1) is 5.52 Å². The number of nitrogens with zero attached hydrogens (tertiary/aromatic N) is 3. The van der Waals surface area contributed by atoms with Gasteiger partial charge in [0.25, 0.3) is 5.91 Å². The lowest BCUT2D eigenvalue weighted by Gasteiger charge is -2.13. The van der Waals surface area contributed by atoms with Crippen molar-refractivity contribution in [3.63, 3.8) is 0 Å². The van der Waals surface area contributed by atoms with Crippen LogP contribution in [0, 0.1) is 0 Å². The van der Waals surface area contributed by atoms with Gasteiger partial charge >= 0.3 is 0 Å². The van der Waals surface area contributed by atoms with Gasteiger partial charge in [-0.25, -0.2) is 0 Å². The highest BCUT2D eigenvalue weighted by atomic mass is 79.9. The van der Waals surface area contributed by atoms with Gasteiger partial charge in [0.15, 0.2) is 5.82 Å². The third kappa shape index (κ3) is 3.99. The summed E-state index contributed by atoms with van der Waals surface area (Å²) in [5.41, 5.74) is 3.52. The first-order valence-electron chi connectivity index (χ1n) is 10.9. The van der Waals surface area contributed by atoms with Crippen LogP contribution in [0.2, 0.25) is 0 Å². The molecular formula is C25H23BrN4O3. The lowest BCUT2D eigenvalue weighted by atomic mass is 10.1. The van der Waals surface area contributed by atoms with Gasteiger partial charge in [-0.15, -0.1) is 0 Å². The third-order valence-corrected chi connectivity index (χ3v) is 6.41. The van der Waals surface area contributed by atoms with Crippen molar-refractivity contribution in [2.24, 2.45) is 0 Å². The molecule has 0 bridgehead atoms. The highest BCUT2D eigenvalue weighted by molar-refractivity contribution is 9.10. The molecule has 3 heterocycles. The van der Waals surface area contributed by atoms with Crippen LogP contribution in [-0.4, -0.2) is 20.6 Å². The molecule has 1 atom stereocenters. The van der Waals surface area contributed by atoms with Gasteiger partial charge in [-0.1, -0.05) is 47.1 Å². The predicted octanol–water partition coefficient (Wildman–Crippen LogP) is 5.23. The summed E-state index contributed by atoms with van der Waals surface area (Å²) < 4.78 is 8.13. The first kappa shape index (κ1) is 21.6. The SMILES string of the molecule is CC(C)c1nc(Cc2ccc(NC(=O)c3cn4c5c(cc(Br)cc5c3=O)C[C@H]4C)cc2)no1. The normalized spacial score (nSPS) is 14.9. The Hall–Kier alpha value is -3.26. The van der Waals surface area contributed by atoms with Crippen molar-refractivity contribution in [2.45, 2.75) is 45.6 Å². The molecule has 4 aromatic rings. The van der Waals surface area contributed by atoms with Gasteiger partial charge in [-0.3, -0.25) is 9.59 Å². The molecule has 0 spiro atoms. The van der Waals surface area contributed by atoms with Gasteiger partial charge in [-0.05, 0) is 48.7 Å². The summed E-state index contributed by atoms with van der Waals surface area (Å²) in [6, 6.07) is 11.4. The van der Waals surface area contributed by atoms with Crippen LogP contribution in [0.4, 0.5) is 5.69 Å². The van der Waals surface area contributed by atoms with Crippen LogP contribution in [-0.2, 0) is 12.8 Å². The Morgan fingerprint density at radius 3 is 2.73 bits per heavy atom. The highest BCUT2D eigenvalue weighted by Crippen LogP contribution is 2.33. The Kier molecular flexibility index (Phi) is 5.40. The van der Waals surface area contributed by atoms with Gasteiger partial charge in [0, 0.05) is 40.1 Å². The van der Waals surface area contributed by atoms with Crippen molar-refractivity contribution < 1.29 is 9.32 Å². The van der Waals surface area contributed by atoms with Crippen LogP contribution < -0.4 is 10.7 Å². The first-order chi connectivity index (χ1) is 15.8. The van der Waals surface area contributed by atoms with E-state index in [0.717, 1.165) is 27.5 Å². The molecule has 0 saturated heterocycles. The van der Waals surface area contributed by atoms with Crippen molar-refractivity contribution in [1.82, 2.24) is 14.7 Å². The fraction of sp³-hybridized carbons (Fsp3) is 0.280. The molecule has 0 aliphatic carbocycles. The van der Waals surface area contributed by atoms with Gasteiger partial charge in [-0.2, -0.15) is 4.98 Å². The van der Waals surface area contributed by atoms with Crippen molar-refractivity contribution in [3.05, 3.63) is 85.7 Å². The van der Waals surface area contributed by atoms with E-state index < -0.39 is 5.91 Å². The van der Waals surface area contributed by atoms with Crippen molar-refractivity contribution in [3.8, 4) is 0 Å². The molecule has 2 aromatic heterocycles. The molecule has 33 heavy (non-hydrogen) atoms. The van der Waals surface area contributed by atoms with Crippen LogP contribution in [0.3, 0.4) is 0 Å². The highest BCUT2D eigenvalue weighted by Gasteiger charge is 2.25. The monoisotopic (exact) mass is 506 g/mol. The standard InChI is InChI=1S/C25H23BrN4O3/c1-13(2)25-28-21(29-33-25)9-15-4-6-18(7-5-15)27-24(32)20-12-30-14(3)8-16-10-17(26)11-19(22(16)30)23(20)31/h4-7,10-14H,8-9H2,1-3H3,(H,27,32)/t14-/m1/s1. The zero-order chi connectivity index (χ0) is 23.3. The van der Waals surface area contributed by atoms with Crippen LogP contribution in [0.1, 0.15) is 65.9 Å². The molecule has 7 nitrogen and oxygen atoms in total. The molecule has 0 unspecified atom stereocenters. The Balaban J connectivity index is 1.38. The zero-order valence-corrected chi connectivity index (χ0v) is 20.1. The lowest BCUT2D eigenvalue weighted by molar-refractivity contribution is 0.102. The average molecular weight is 507 g/mol. The molecule has 1 amide bonds. The lowest BCUT2D eigenvalue weighted by Crippen LogP contribution is -2.23. The van der Waals surface area contributed by atoms with E-state index in [4.69, 9.17) is 4.52 Å². The van der Waals surface area contributed by atoms with E-state index in [1.54, 1.807) is 12.3 Å². The van der Waals surface area contributed by atoms with Gasteiger partial charge < -0.3 is 14.4 Å². The van der Waals surface area contributed by atoms with Crippen molar-refractivity contribution in [2.75, 3.05) is 5.32 Å². The number of hydrogen-bond acceptors (Lipinski definition) is 5. The van der Waals surface area contributed by atoms with E-state index in [1.165, 1.54) is 0 Å². The molecule has 1 aliphatic rings. The fourth-order valence-electron chi connectivity index (χ4n) is 4.28. The van der Waals surface area contributed by atoms with Crippen molar-refractivity contribution >= 4 is 38.4 Å². The Bertz CT molecular complexity index is 1440. The zero-order valence-electron chi connectivity index (χ0n) is 18.6. The van der Waals surface area contributed by atoms with E-state index in [9.17, 15) is 9.59 Å². The number of aromatic nitrogens is 3. The molecule has 2 aromatic carbocycles. The first-order valence-corrected chi connectivity index (χ1v) is 11.7. The Morgan fingerprint density at radius 2 is 2.03 bits per heavy atom. The second-order valence-electron chi connectivity index (χ2n) is 8.82. The number of anilines is 1. The number of pyridine rings is 1. The number of carbonyl (C=O) groups excluding carboxylic acids is 1. The molecule has 5 rings (SSSR count). The molecular weight excluding hydrogens is 484 g/mol. The maximum absolute atomic E-state index is 13.1. The second kappa shape index (κ2) is 8.26. The molecule has 1 N–H and O–H groups in total. The van der Waals surface area contributed by atoms with Crippen LogP contribution in [0.15, 0.2) is 56.4 Å². The quantitative estimate of drug-likeness (QED) is 0.400. The summed E-state index contributed by atoms with van der Waals surface area (Å²) in [6.45, 7) is 6.09. The minimum Gasteiger partial charge on any atom is -0.343 e. The molecule has 0 fully saturated rings. The summed E-state index contributed by atoms with van der Waals surface area (Å²) in [4.78, 5) is 30.6. The number of carbonyl (C=O) groups is 1. The third-order valence-electron chi connectivity index (χ3n) is 5.96. The fourth-order valence-corrected chi connectivity index (χ4v) is 4.79. The van der Waals surface area contributed by atoms with E-state index in [2.05, 4.69) is 38.3 Å². The van der Waals surface area contributed by atoms with E-state index >= 15 is 0 Å². The summed E-state index contributed by atoms with van der Waals surface area (Å²) in [7, 11) is 0. The number of rotatable bonds is 5. The van der Waals surface area contributed by atoms with Gasteiger partial charge in [0.1, 0.15) is 5.56 Å². The van der Waals surface area contributed by atoms with Crippen LogP contribution in [0.5, 0.6) is 0 Å². The van der Waals surface area contributed by atoms with Crippen molar-refractivity contribution in [1.29, 1.82) is 0 Å². The number of halogens is 1. The number of nitrogens with one attached hydrogen (secondary N) is 1.